The quantitative estimate of drug-likeness (QED) is 0.00996. The van der Waals surface area contributed by atoms with Crippen LogP contribution in [-0.4, -0.2) is 60.8 Å². The summed E-state index contributed by atoms with van der Waals surface area (Å²) >= 11 is 0. The number of hydrogen-bond acceptors (Lipinski definition) is 8. The lowest BCUT2D eigenvalue weighted by Crippen LogP contribution is -2.35. The highest BCUT2D eigenvalue weighted by atomic mass is 16.3. The maximum Gasteiger partial charge on any atom is 0.119 e. The Balaban J connectivity index is 1.46. The van der Waals surface area contributed by atoms with Gasteiger partial charge in [-0.1, -0.05) is 265 Å². The topological polar surface area (TPSA) is 225 Å². The minimum absolute atomic E-state index is 0.0714. The number of phenols is 6. The Bertz CT molecular complexity index is 3390. The van der Waals surface area contributed by atoms with Crippen LogP contribution in [0.5, 0.6) is 34.5 Å². The summed E-state index contributed by atoms with van der Waals surface area (Å²) in [4.78, 5) is 16.7. The first-order valence-corrected chi connectivity index (χ1v) is 39.5. The second kappa shape index (κ2) is 39.6. The van der Waals surface area contributed by atoms with Crippen molar-refractivity contribution < 1.29 is 40.9 Å². The molecule has 8 bridgehead atoms. The molecule has 0 fully saturated rings. The molecule has 0 saturated heterocycles. The van der Waals surface area contributed by atoms with E-state index in [-0.39, 0.29) is 40.3 Å². The molecule has 1 aliphatic rings. The molecular weight excluding hydrogens is 1240 g/mol. The van der Waals surface area contributed by atoms with Crippen LogP contribution in [0.25, 0.3) is 0 Å². The van der Waals surface area contributed by atoms with Crippen molar-refractivity contribution in [3.63, 3.8) is 0 Å². The summed E-state index contributed by atoms with van der Waals surface area (Å²) in [7, 11) is 0. The highest BCUT2D eigenvalue weighted by Gasteiger charge is 2.49. The van der Waals surface area contributed by atoms with Crippen LogP contribution in [0.1, 0.15) is 347 Å². The minimum atomic E-state index is -1.11. The number of phenolic OH excluding ortho intramolecular Hbond substituents is 6. The van der Waals surface area contributed by atoms with E-state index < -0.39 is 21.7 Å². The molecule has 12 N–H and O–H groups in total. The van der Waals surface area contributed by atoms with Gasteiger partial charge in [-0.25, -0.2) is 0 Å². The Kier molecular flexibility index (Phi) is 30.9. The summed E-state index contributed by atoms with van der Waals surface area (Å²) in [5, 5.41) is 92.8. The molecule has 0 radical (unpaired) electrons. The third kappa shape index (κ3) is 19.7. The van der Waals surface area contributed by atoms with Crippen LogP contribution in [0.15, 0.2) is 139 Å². The number of aliphatic hydroxyl groups is 2. The predicted molar refractivity (Wildman–Crippen MR) is 412 cm³/mol. The van der Waals surface area contributed by atoms with E-state index in [0.717, 1.165) is 155 Å². The van der Waals surface area contributed by atoms with Crippen LogP contribution in [-0.2, 0) is 21.7 Å². The van der Waals surface area contributed by atoms with Gasteiger partial charge in [0.1, 0.15) is 40.3 Å². The lowest BCUT2D eigenvalue weighted by Gasteiger charge is -2.38. The van der Waals surface area contributed by atoms with E-state index in [1.54, 1.807) is 42.5 Å². The van der Waals surface area contributed by atoms with Crippen molar-refractivity contribution in [3.8, 4) is 34.5 Å². The number of H-pyrrole nitrogens is 4. The number of unbranched alkanes of at least 4 members (excludes halogenated alkanes) is 32. The van der Waals surface area contributed by atoms with E-state index in [4.69, 9.17) is 6.58 Å². The number of rotatable bonds is 46. The van der Waals surface area contributed by atoms with Gasteiger partial charge in [0.2, 0.25) is 0 Å². The van der Waals surface area contributed by atoms with Crippen LogP contribution in [0, 0.1) is 0 Å². The van der Waals surface area contributed by atoms with Crippen LogP contribution in [0.4, 0.5) is 0 Å². The lowest BCUT2D eigenvalue weighted by atomic mass is 9.70. The van der Waals surface area contributed by atoms with Crippen molar-refractivity contribution in [1.82, 2.24) is 19.9 Å². The van der Waals surface area contributed by atoms with E-state index in [0.29, 0.717) is 47.9 Å². The Morgan fingerprint density at radius 1 is 0.310 bits per heavy atom. The fourth-order valence-electron chi connectivity index (χ4n) is 16.9. The van der Waals surface area contributed by atoms with Gasteiger partial charge in [0.15, 0.2) is 0 Å². The smallest absolute Gasteiger partial charge is 0.119 e. The highest BCUT2D eigenvalue weighted by Crippen LogP contribution is 2.54. The minimum Gasteiger partial charge on any atom is -0.515 e. The van der Waals surface area contributed by atoms with Crippen molar-refractivity contribution in [3.05, 3.63) is 202 Å². The number of nitrogens with one attached hydrogen (secondary N) is 4. The zero-order valence-corrected chi connectivity index (χ0v) is 61.6. The zero-order valence-electron chi connectivity index (χ0n) is 61.6. The summed E-state index contributed by atoms with van der Waals surface area (Å²) in [6.07, 6.45) is 46.0. The molecule has 12 heteroatoms. The van der Waals surface area contributed by atoms with Crippen LogP contribution >= 0.6 is 0 Å². The fourth-order valence-corrected chi connectivity index (χ4v) is 16.9. The molecule has 3 aromatic carbocycles. The van der Waals surface area contributed by atoms with E-state index in [1.807, 2.05) is 0 Å². The molecule has 0 saturated carbocycles. The molecular formula is C88H126N4O8. The van der Waals surface area contributed by atoms with Gasteiger partial charge < -0.3 is 60.8 Å². The van der Waals surface area contributed by atoms with E-state index in [2.05, 4.69) is 96.2 Å². The molecule has 1 aliphatic heterocycles. The molecule has 4 aromatic heterocycles. The standard InChI is InChI=1S/C88H126N4O8/c1-6-10-14-18-22-26-30-34-38-51-85(66(5)56-70(94)50-55-93)77-42-44-79(89-77)86(67-57-71(95)63-72(96)58-67,52-39-35-31-27-23-19-15-11-7-2)81-46-48-83(91-81)88(69-61-75(99)65-76(100)62-69,54-41-37-33-29-25-21-17-13-9-4)84-49-47-82(92-84)87(80-45-43-78(85)90-80,68-59-73(97)64-74(98)60-68)53-40-36-32-28-24-20-16-12-8-3/h42-50,55-65,89-100H,5-41,51-54H2,1-4H3/b55-50+,70-56+. The molecule has 546 valence electrons. The number of benzene rings is 3. The summed E-state index contributed by atoms with van der Waals surface area (Å²) < 4.78 is 0. The van der Waals surface area contributed by atoms with Crippen molar-refractivity contribution in [1.29, 1.82) is 0 Å². The Morgan fingerprint density at radius 3 is 0.760 bits per heavy atom. The number of aromatic amines is 4. The van der Waals surface area contributed by atoms with Crippen molar-refractivity contribution >= 4 is 0 Å². The van der Waals surface area contributed by atoms with Gasteiger partial charge >= 0.3 is 0 Å². The predicted octanol–water partition coefficient (Wildman–Crippen LogP) is 24.6. The number of aromatic hydroxyl groups is 6. The first-order valence-electron chi connectivity index (χ1n) is 39.5. The van der Waals surface area contributed by atoms with Crippen molar-refractivity contribution in [2.75, 3.05) is 0 Å². The fraction of sp³-hybridized carbons (Fsp3) is 0.545. The monoisotopic (exact) mass is 1370 g/mol. The summed E-state index contributed by atoms with van der Waals surface area (Å²) in [5.74, 6) is -0.602. The van der Waals surface area contributed by atoms with Crippen molar-refractivity contribution in [2.45, 2.75) is 306 Å². The molecule has 8 rings (SSSR count). The molecule has 5 heterocycles. The van der Waals surface area contributed by atoms with Crippen molar-refractivity contribution in [2.24, 2.45) is 0 Å². The van der Waals surface area contributed by atoms with Gasteiger partial charge in [-0.3, -0.25) is 0 Å². The number of fused-ring (bicyclic) bond motifs is 8. The van der Waals surface area contributed by atoms with Gasteiger partial charge in [0.25, 0.3) is 0 Å². The van der Waals surface area contributed by atoms with Gasteiger partial charge in [0.05, 0.1) is 27.9 Å². The molecule has 7 aromatic rings. The third-order valence-electron chi connectivity index (χ3n) is 22.3. The first-order chi connectivity index (χ1) is 48.6. The highest BCUT2D eigenvalue weighted by molar-refractivity contribution is 5.60. The molecule has 12 nitrogen and oxygen atoms in total. The molecule has 100 heavy (non-hydrogen) atoms. The molecule has 2 atom stereocenters. The van der Waals surface area contributed by atoms with Gasteiger partial charge in [0, 0.05) is 69.8 Å². The normalized spacial score (nSPS) is 18.5. The average molecular weight is 1370 g/mol. The number of allylic oxidation sites excluding steroid dienone is 3. The number of aliphatic hydroxyl groups excluding tert-OH is 2. The van der Waals surface area contributed by atoms with Gasteiger partial charge in [-0.15, -0.1) is 0 Å². The summed E-state index contributed by atoms with van der Waals surface area (Å²) in [5.41, 5.74) is 4.69. The Hall–Kier alpha value is -7.60. The second-order valence-corrected chi connectivity index (χ2v) is 29.7. The van der Waals surface area contributed by atoms with E-state index >= 15 is 0 Å². The largest absolute Gasteiger partial charge is 0.515 e. The van der Waals surface area contributed by atoms with Crippen LogP contribution in [0.3, 0.4) is 0 Å². The van der Waals surface area contributed by atoms with Gasteiger partial charge in [-0.05, 0) is 139 Å². The molecule has 2 unspecified atom stereocenters. The first kappa shape index (κ1) is 78.1. The SMILES string of the molecule is C=C(/C=C(O)\C=C\O)C1(CCCCCCCCCCC)c2ccc([nH]2)C(CCCCCCCCCCC)(c2cc(O)cc(O)c2)c2ccc([nH]2)C(CCCCCCCCCCC)(c2cc(O)cc(O)c2)c2ccc([nH]2)C(CCCCCCCCCCC)(c2cc(O)cc(O)c2)c2ccc1[nH]2. The summed E-state index contributed by atoms with van der Waals surface area (Å²) in [6.45, 7) is 13.9. The Labute approximate surface area is 600 Å². The second-order valence-electron chi connectivity index (χ2n) is 29.7. The maximum atomic E-state index is 11.8. The summed E-state index contributed by atoms with van der Waals surface area (Å²) in [6, 6.07) is 32.1. The van der Waals surface area contributed by atoms with E-state index in [9.17, 15) is 40.9 Å². The van der Waals surface area contributed by atoms with Gasteiger partial charge in [-0.2, -0.15) is 0 Å². The number of hydrogen-bond donors (Lipinski definition) is 12. The number of aromatic nitrogens is 4. The molecule has 0 spiro atoms. The molecule has 0 aliphatic carbocycles. The maximum absolute atomic E-state index is 11.8. The zero-order chi connectivity index (χ0) is 71.2. The van der Waals surface area contributed by atoms with Crippen LogP contribution in [0.2, 0.25) is 0 Å². The Morgan fingerprint density at radius 2 is 0.520 bits per heavy atom. The third-order valence-corrected chi connectivity index (χ3v) is 22.3. The van der Waals surface area contributed by atoms with E-state index in [1.165, 1.54) is 153 Å². The van der Waals surface area contributed by atoms with Crippen LogP contribution < -0.4 is 0 Å². The molecule has 0 amide bonds. The lowest BCUT2D eigenvalue weighted by molar-refractivity contribution is 0.416. The average Bonchev–Trinajstić information content (AvgIpc) is 1.54.